The number of anilines is 2. The summed E-state index contributed by atoms with van der Waals surface area (Å²) in [5.41, 5.74) is 7.94. The molecular formula is C12H12N4O. The lowest BCUT2D eigenvalue weighted by Crippen LogP contribution is -2.14. The first kappa shape index (κ1) is 11.1. The van der Waals surface area contributed by atoms with Crippen LogP contribution in [0.5, 0.6) is 0 Å². The number of carbonyl (C=O) groups is 1. The zero-order valence-corrected chi connectivity index (χ0v) is 9.34. The zero-order chi connectivity index (χ0) is 12.3. The second-order valence-electron chi connectivity index (χ2n) is 3.61. The largest absolute Gasteiger partial charge is 0.398 e. The topological polar surface area (TPSA) is 80.9 Å². The van der Waals surface area contributed by atoms with Crippen LogP contribution >= 0.6 is 0 Å². The van der Waals surface area contributed by atoms with E-state index in [1.807, 2.05) is 6.92 Å². The molecule has 17 heavy (non-hydrogen) atoms. The van der Waals surface area contributed by atoms with Crippen LogP contribution in [0.15, 0.2) is 36.8 Å². The lowest BCUT2D eigenvalue weighted by Gasteiger charge is -2.07. The molecule has 0 aliphatic heterocycles. The minimum atomic E-state index is -0.289. The first-order chi connectivity index (χ1) is 8.16. The van der Waals surface area contributed by atoms with Crippen molar-refractivity contribution in [3.63, 3.8) is 0 Å². The third kappa shape index (κ3) is 2.57. The van der Waals surface area contributed by atoms with Crippen LogP contribution in [0.25, 0.3) is 0 Å². The third-order valence-corrected chi connectivity index (χ3v) is 2.24. The molecule has 0 radical (unpaired) electrons. The Kier molecular flexibility index (Phi) is 3.00. The van der Waals surface area contributed by atoms with Crippen molar-refractivity contribution in [1.29, 1.82) is 0 Å². The Bertz CT molecular complexity index is 539. The highest BCUT2D eigenvalue weighted by molar-refractivity contribution is 6.07. The Morgan fingerprint density at radius 2 is 2.24 bits per heavy atom. The van der Waals surface area contributed by atoms with Crippen LogP contribution in [0.1, 0.15) is 16.1 Å². The summed E-state index contributed by atoms with van der Waals surface area (Å²) in [7, 11) is 0. The number of hydrogen-bond acceptors (Lipinski definition) is 4. The minimum absolute atomic E-state index is 0.289. The summed E-state index contributed by atoms with van der Waals surface area (Å²) in [5, 5.41) is 2.70. The molecule has 5 nitrogen and oxygen atoms in total. The molecule has 0 unspecified atom stereocenters. The van der Waals surface area contributed by atoms with E-state index >= 15 is 0 Å². The van der Waals surface area contributed by atoms with Gasteiger partial charge >= 0.3 is 0 Å². The fourth-order valence-electron chi connectivity index (χ4n) is 1.41. The zero-order valence-electron chi connectivity index (χ0n) is 9.34. The number of aromatic nitrogens is 2. The van der Waals surface area contributed by atoms with Gasteiger partial charge in [0.05, 0.1) is 17.4 Å². The van der Waals surface area contributed by atoms with Crippen LogP contribution in [0, 0.1) is 6.92 Å². The molecule has 2 rings (SSSR count). The van der Waals surface area contributed by atoms with Gasteiger partial charge in [0, 0.05) is 23.8 Å². The highest BCUT2D eigenvalue weighted by atomic mass is 16.1. The van der Waals surface area contributed by atoms with Gasteiger partial charge in [-0.2, -0.15) is 0 Å². The molecule has 0 saturated heterocycles. The first-order valence-electron chi connectivity index (χ1n) is 5.10. The molecule has 0 saturated carbocycles. The van der Waals surface area contributed by atoms with Crippen LogP contribution < -0.4 is 11.1 Å². The predicted octanol–water partition coefficient (Wildman–Crippen LogP) is 1.62. The fourth-order valence-corrected chi connectivity index (χ4v) is 1.41. The van der Waals surface area contributed by atoms with Gasteiger partial charge in [0.1, 0.15) is 0 Å². The van der Waals surface area contributed by atoms with Crippen molar-refractivity contribution >= 4 is 17.3 Å². The summed E-state index contributed by atoms with van der Waals surface area (Å²) in [5.74, 6) is -0.289. The van der Waals surface area contributed by atoms with E-state index in [9.17, 15) is 4.79 Å². The third-order valence-electron chi connectivity index (χ3n) is 2.24. The van der Waals surface area contributed by atoms with E-state index < -0.39 is 0 Å². The number of hydrogen-bond donors (Lipinski definition) is 2. The molecule has 2 aromatic heterocycles. The van der Waals surface area contributed by atoms with Gasteiger partial charge in [-0.05, 0) is 25.1 Å². The number of aryl methyl sites for hydroxylation is 1. The van der Waals surface area contributed by atoms with Gasteiger partial charge in [-0.3, -0.25) is 14.8 Å². The van der Waals surface area contributed by atoms with Gasteiger partial charge in [-0.1, -0.05) is 0 Å². The molecule has 86 valence electrons. The van der Waals surface area contributed by atoms with Crippen molar-refractivity contribution in [1.82, 2.24) is 9.97 Å². The molecule has 2 heterocycles. The van der Waals surface area contributed by atoms with Crippen molar-refractivity contribution in [2.75, 3.05) is 11.1 Å². The van der Waals surface area contributed by atoms with Gasteiger partial charge in [0.25, 0.3) is 5.91 Å². The molecular weight excluding hydrogens is 216 g/mol. The van der Waals surface area contributed by atoms with Gasteiger partial charge in [-0.25, -0.2) is 0 Å². The Balaban J connectivity index is 2.21. The SMILES string of the molecule is Cc1cc(N)c(C(=O)Nc2cccnc2)cn1. The van der Waals surface area contributed by atoms with Crippen molar-refractivity contribution in [2.24, 2.45) is 0 Å². The molecule has 0 spiro atoms. The maximum absolute atomic E-state index is 11.9. The van der Waals surface area contributed by atoms with E-state index in [2.05, 4.69) is 15.3 Å². The Hall–Kier alpha value is -2.43. The first-order valence-corrected chi connectivity index (χ1v) is 5.10. The summed E-state index contributed by atoms with van der Waals surface area (Å²) in [6, 6.07) is 5.16. The second-order valence-corrected chi connectivity index (χ2v) is 3.61. The van der Waals surface area contributed by atoms with Crippen molar-refractivity contribution < 1.29 is 4.79 Å². The van der Waals surface area contributed by atoms with Gasteiger partial charge in [-0.15, -0.1) is 0 Å². The lowest BCUT2D eigenvalue weighted by atomic mass is 10.2. The Morgan fingerprint density at radius 1 is 1.41 bits per heavy atom. The van der Waals surface area contributed by atoms with Gasteiger partial charge < -0.3 is 11.1 Å². The predicted molar refractivity (Wildman–Crippen MR) is 65.6 cm³/mol. The number of nitrogens with zero attached hydrogens (tertiary/aromatic N) is 2. The average Bonchev–Trinajstić information content (AvgIpc) is 2.30. The summed E-state index contributed by atoms with van der Waals surface area (Å²) in [4.78, 5) is 19.8. The highest BCUT2D eigenvalue weighted by Gasteiger charge is 2.10. The summed E-state index contributed by atoms with van der Waals surface area (Å²) < 4.78 is 0. The molecule has 0 aliphatic carbocycles. The number of amides is 1. The number of pyridine rings is 2. The van der Waals surface area contributed by atoms with E-state index in [0.29, 0.717) is 16.9 Å². The lowest BCUT2D eigenvalue weighted by molar-refractivity contribution is 0.102. The molecule has 1 amide bonds. The minimum Gasteiger partial charge on any atom is -0.398 e. The van der Waals surface area contributed by atoms with Gasteiger partial charge in [0.2, 0.25) is 0 Å². The number of nitrogens with two attached hydrogens (primary N) is 1. The van der Waals surface area contributed by atoms with Crippen molar-refractivity contribution in [2.45, 2.75) is 6.92 Å². The van der Waals surface area contributed by atoms with E-state index in [1.165, 1.54) is 6.20 Å². The quantitative estimate of drug-likeness (QED) is 0.818. The highest BCUT2D eigenvalue weighted by Crippen LogP contribution is 2.13. The molecule has 0 bridgehead atoms. The monoisotopic (exact) mass is 228 g/mol. The van der Waals surface area contributed by atoms with Crippen LogP contribution in [-0.2, 0) is 0 Å². The molecule has 2 aromatic rings. The number of nitrogens with one attached hydrogen (secondary N) is 1. The van der Waals surface area contributed by atoms with E-state index in [0.717, 1.165) is 5.69 Å². The van der Waals surface area contributed by atoms with Crippen LogP contribution in [0.2, 0.25) is 0 Å². The molecule has 0 aromatic carbocycles. The summed E-state index contributed by atoms with van der Waals surface area (Å²) in [6.07, 6.45) is 4.67. The maximum Gasteiger partial charge on any atom is 0.259 e. The van der Waals surface area contributed by atoms with Crippen molar-refractivity contribution in [3.05, 3.63) is 48.0 Å². The molecule has 0 aliphatic rings. The van der Waals surface area contributed by atoms with Crippen LogP contribution in [-0.4, -0.2) is 15.9 Å². The Labute approximate surface area is 98.7 Å². The fraction of sp³-hybridized carbons (Fsp3) is 0.0833. The number of nitrogen functional groups attached to an aromatic ring is 1. The smallest absolute Gasteiger partial charge is 0.259 e. The standard InChI is InChI=1S/C12H12N4O/c1-8-5-11(13)10(7-15-8)12(17)16-9-3-2-4-14-6-9/h2-7H,1H3,(H2,13,15)(H,16,17). The average molecular weight is 228 g/mol. The van der Waals surface area contributed by atoms with Crippen LogP contribution in [0.3, 0.4) is 0 Å². The Morgan fingerprint density at radius 3 is 2.88 bits per heavy atom. The molecule has 0 atom stereocenters. The normalized spacial score (nSPS) is 9.94. The summed E-state index contributed by atoms with van der Waals surface area (Å²) >= 11 is 0. The van der Waals surface area contributed by atoms with Crippen molar-refractivity contribution in [3.8, 4) is 0 Å². The number of carbonyl (C=O) groups excluding carboxylic acids is 1. The molecule has 5 heteroatoms. The summed E-state index contributed by atoms with van der Waals surface area (Å²) in [6.45, 7) is 1.82. The van der Waals surface area contributed by atoms with Crippen LogP contribution in [0.4, 0.5) is 11.4 Å². The van der Waals surface area contributed by atoms with E-state index in [1.54, 1.807) is 30.6 Å². The second kappa shape index (κ2) is 4.61. The number of rotatable bonds is 2. The molecule has 3 N–H and O–H groups in total. The van der Waals surface area contributed by atoms with E-state index in [-0.39, 0.29) is 5.91 Å². The molecule has 0 fully saturated rings. The van der Waals surface area contributed by atoms with E-state index in [4.69, 9.17) is 5.73 Å². The maximum atomic E-state index is 11.9. The van der Waals surface area contributed by atoms with Gasteiger partial charge in [0.15, 0.2) is 0 Å².